The highest BCUT2D eigenvalue weighted by atomic mass is 16.7. The minimum absolute atomic E-state index is 0.0542. The van der Waals surface area contributed by atoms with Crippen molar-refractivity contribution >= 4 is 0 Å². The molecule has 2 aliphatic heterocycles. The minimum Gasteiger partial charge on any atom is -0.493 e. The Kier molecular flexibility index (Phi) is 4.43. The van der Waals surface area contributed by atoms with E-state index in [-0.39, 0.29) is 17.2 Å². The summed E-state index contributed by atoms with van der Waals surface area (Å²) in [5.41, 5.74) is 1.15. The van der Waals surface area contributed by atoms with Gasteiger partial charge in [0.2, 0.25) is 0 Å². The van der Waals surface area contributed by atoms with E-state index in [1.54, 1.807) is 7.11 Å². The van der Waals surface area contributed by atoms with E-state index in [2.05, 4.69) is 44.9 Å². The highest BCUT2D eigenvalue weighted by Gasteiger charge is 2.47. The molecule has 1 saturated heterocycles. The molecule has 128 valence electrons. The van der Waals surface area contributed by atoms with Gasteiger partial charge < -0.3 is 9.47 Å². The van der Waals surface area contributed by atoms with Crippen LogP contribution in [0.1, 0.15) is 52.0 Å². The quantitative estimate of drug-likeness (QED) is 0.845. The van der Waals surface area contributed by atoms with E-state index in [1.165, 1.54) is 5.56 Å². The first-order valence-electron chi connectivity index (χ1n) is 8.51. The highest BCUT2D eigenvalue weighted by molar-refractivity contribution is 5.39. The summed E-state index contributed by atoms with van der Waals surface area (Å²) in [5.74, 6) is 1.30. The van der Waals surface area contributed by atoms with Gasteiger partial charge in [-0.2, -0.15) is 5.06 Å². The number of methoxy groups -OCH3 is 1. The molecule has 0 radical (unpaired) electrons. The van der Waals surface area contributed by atoms with Gasteiger partial charge in [-0.3, -0.25) is 4.84 Å². The van der Waals surface area contributed by atoms with Crippen LogP contribution in [0.5, 0.6) is 5.75 Å². The second-order valence-corrected chi connectivity index (χ2v) is 8.03. The van der Waals surface area contributed by atoms with Crippen LogP contribution in [0.3, 0.4) is 0 Å². The second kappa shape index (κ2) is 6.08. The Morgan fingerprint density at radius 3 is 2.43 bits per heavy atom. The Bertz CT molecular complexity index is 537. The van der Waals surface area contributed by atoms with Gasteiger partial charge in [-0.1, -0.05) is 18.2 Å². The fourth-order valence-electron chi connectivity index (χ4n) is 4.22. The molecule has 1 aromatic rings. The maximum absolute atomic E-state index is 6.34. The monoisotopic (exact) mass is 319 g/mol. The van der Waals surface area contributed by atoms with Gasteiger partial charge in [-0.25, -0.2) is 0 Å². The summed E-state index contributed by atoms with van der Waals surface area (Å²) in [6.07, 6.45) is 2.24. The van der Waals surface area contributed by atoms with Crippen molar-refractivity contribution in [3.63, 3.8) is 0 Å². The van der Waals surface area contributed by atoms with E-state index in [4.69, 9.17) is 14.3 Å². The maximum atomic E-state index is 6.34. The maximum Gasteiger partial charge on any atom is 0.123 e. The topological polar surface area (TPSA) is 30.9 Å². The van der Waals surface area contributed by atoms with E-state index in [0.29, 0.717) is 19.1 Å². The van der Waals surface area contributed by atoms with Crippen molar-refractivity contribution in [3.8, 4) is 5.75 Å². The molecule has 4 nitrogen and oxygen atoms in total. The third kappa shape index (κ3) is 3.25. The molecule has 1 atom stereocenters. The van der Waals surface area contributed by atoms with Crippen LogP contribution in [0.15, 0.2) is 24.3 Å². The molecule has 2 aliphatic rings. The standard InChI is InChI=1S/C19H29NO3/c1-18(2)10-15(21-5)11-19(3,4)20(18)23-13-14-12-22-17-9-7-6-8-16(14)17/h6-9,14-15H,10-13H2,1-5H3. The lowest BCUT2D eigenvalue weighted by Crippen LogP contribution is -2.62. The van der Waals surface area contributed by atoms with Crippen molar-refractivity contribution in [3.05, 3.63) is 29.8 Å². The van der Waals surface area contributed by atoms with Crippen molar-refractivity contribution < 1.29 is 14.3 Å². The summed E-state index contributed by atoms with van der Waals surface area (Å²) >= 11 is 0. The highest BCUT2D eigenvalue weighted by Crippen LogP contribution is 2.41. The largest absolute Gasteiger partial charge is 0.493 e. The number of ether oxygens (including phenoxy) is 2. The molecule has 1 aromatic carbocycles. The lowest BCUT2D eigenvalue weighted by molar-refractivity contribution is -0.295. The van der Waals surface area contributed by atoms with Crippen molar-refractivity contribution in [2.45, 2.75) is 63.6 Å². The van der Waals surface area contributed by atoms with Crippen LogP contribution >= 0.6 is 0 Å². The number of hydrogen-bond donors (Lipinski definition) is 0. The Morgan fingerprint density at radius 2 is 1.78 bits per heavy atom. The van der Waals surface area contributed by atoms with Crippen LogP contribution in [-0.4, -0.2) is 42.6 Å². The molecule has 23 heavy (non-hydrogen) atoms. The van der Waals surface area contributed by atoms with Crippen molar-refractivity contribution in [2.75, 3.05) is 20.3 Å². The number of para-hydroxylation sites is 1. The molecule has 0 amide bonds. The number of piperidine rings is 1. The average Bonchev–Trinajstić information content (AvgIpc) is 2.88. The third-order valence-electron chi connectivity index (χ3n) is 5.09. The van der Waals surface area contributed by atoms with Gasteiger partial charge in [-0.05, 0) is 46.6 Å². The van der Waals surface area contributed by atoms with E-state index < -0.39 is 0 Å². The molecule has 0 bridgehead atoms. The summed E-state index contributed by atoms with van der Waals surface area (Å²) in [6, 6.07) is 8.26. The van der Waals surface area contributed by atoms with Crippen molar-refractivity contribution in [1.82, 2.24) is 5.06 Å². The van der Waals surface area contributed by atoms with Gasteiger partial charge in [0.25, 0.3) is 0 Å². The predicted octanol–water partition coefficient (Wildman–Crippen LogP) is 3.76. The molecule has 4 heteroatoms. The molecule has 2 heterocycles. The summed E-state index contributed by atoms with van der Waals surface area (Å²) in [7, 11) is 1.81. The zero-order chi connectivity index (χ0) is 16.7. The van der Waals surface area contributed by atoms with Gasteiger partial charge in [0.1, 0.15) is 5.75 Å². The Balaban J connectivity index is 1.70. The summed E-state index contributed by atoms with van der Waals surface area (Å²) in [5, 5.41) is 2.19. The number of fused-ring (bicyclic) bond motifs is 1. The Morgan fingerprint density at radius 1 is 1.13 bits per heavy atom. The Labute approximate surface area is 139 Å². The van der Waals surface area contributed by atoms with Crippen LogP contribution in [0, 0.1) is 0 Å². The molecule has 0 spiro atoms. The average molecular weight is 319 g/mol. The summed E-state index contributed by atoms with van der Waals surface area (Å²) < 4.78 is 11.4. The van der Waals surface area contributed by atoms with Gasteiger partial charge in [0, 0.05) is 29.7 Å². The molecular formula is C19H29NO3. The van der Waals surface area contributed by atoms with Gasteiger partial charge >= 0.3 is 0 Å². The number of nitrogens with zero attached hydrogens (tertiary/aromatic N) is 1. The number of hydroxylamine groups is 2. The van der Waals surface area contributed by atoms with Gasteiger partial charge in [0.05, 0.1) is 19.3 Å². The second-order valence-electron chi connectivity index (χ2n) is 8.03. The zero-order valence-electron chi connectivity index (χ0n) is 15.0. The van der Waals surface area contributed by atoms with Crippen LogP contribution in [0.4, 0.5) is 0 Å². The van der Waals surface area contributed by atoms with E-state index in [9.17, 15) is 0 Å². The molecular weight excluding hydrogens is 290 g/mol. The van der Waals surface area contributed by atoms with E-state index >= 15 is 0 Å². The summed E-state index contributed by atoms with van der Waals surface area (Å²) in [6.45, 7) is 10.3. The normalized spacial score (nSPS) is 26.7. The van der Waals surface area contributed by atoms with Crippen LogP contribution in [0.25, 0.3) is 0 Å². The first-order chi connectivity index (χ1) is 10.8. The molecule has 0 saturated carbocycles. The number of rotatable bonds is 4. The molecule has 3 rings (SSSR count). The van der Waals surface area contributed by atoms with E-state index in [1.807, 2.05) is 12.1 Å². The lowest BCUT2D eigenvalue weighted by Gasteiger charge is -2.53. The molecule has 0 aromatic heterocycles. The lowest BCUT2D eigenvalue weighted by atomic mass is 9.80. The first kappa shape index (κ1) is 16.7. The number of hydrogen-bond acceptors (Lipinski definition) is 4. The van der Waals surface area contributed by atoms with E-state index in [0.717, 1.165) is 18.6 Å². The first-order valence-corrected chi connectivity index (χ1v) is 8.51. The predicted molar refractivity (Wildman–Crippen MR) is 90.7 cm³/mol. The van der Waals surface area contributed by atoms with Gasteiger partial charge in [-0.15, -0.1) is 0 Å². The fraction of sp³-hybridized carbons (Fsp3) is 0.684. The third-order valence-corrected chi connectivity index (χ3v) is 5.09. The van der Waals surface area contributed by atoms with Crippen LogP contribution in [-0.2, 0) is 9.57 Å². The summed E-state index contributed by atoms with van der Waals surface area (Å²) in [4.78, 5) is 6.34. The molecule has 1 unspecified atom stereocenters. The van der Waals surface area contributed by atoms with Crippen molar-refractivity contribution in [1.29, 1.82) is 0 Å². The minimum atomic E-state index is -0.0542. The van der Waals surface area contributed by atoms with Crippen LogP contribution in [0.2, 0.25) is 0 Å². The van der Waals surface area contributed by atoms with Crippen molar-refractivity contribution in [2.24, 2.45) is 0 Å². The fourth-order valence-corrected chi connectivity index (χ4v) is 4.22. The molecule has 0 N–H and O–H groups in total. The Hall–Kier alpha value is -1.10. The smallest absolute Gasteiger partial charge is 0.123 e. The molecule has 0 aliphatic carbocycles. The van der Waals surface area contributed by atoms with Gasteiger partial charge in [0.15, 0.2) is 0 Å². The number of benzene rings is 1. The SMILES string of the molecule is COC1CC(C)(C)N(OCC2COc3ccccc32)C(C)(C)C1. The molecule has 1 fully saturated rings. The van der Waals surface area contributed by atoms with Crippen LogP contribution < -0.4 is 4.74 Å². The zero-order valence-corrected chi connectivity index (χ0v) is 15.0.